The average Bonchev–Trinajstić information content (AvgIpc) is 2.91. The molecule has 0 bridgehead atoms. The number of nitrogens with zero attached hydrogens (tertiary/aromatic N) is 2. The number of amides is 3. The van der Waals surface area contributed by atoms with Crippen LogP contribution in [0.2, 0.25) is 0 Å². The van der Waals surface area contributed by atoms with Gasteiger partial charge in [-0.1, -0.05) is 15.9 Å². The highest BCUT2D eigenvalue weighted by atomic mass is 79.9. The summed E-state index contributed by atoms with van der Waals surface area (Å²) in [5, 5.41) is 8.92. The molecule has 2 aromatic rings. The quantitative estimate of drug-likeness (QED) is 0.693. The summed E-state index contributed by atoms with van der Waals surface area (Å²) in [5.41, 5.74) is 6.35. The molecule has 130 valence electrons. The van der Waals surface area contributed by atoms with Gasteiger partial charge in [-0.05, 0) is 25.1 Å². The lowest BCUT2D eigenvalue weighted by Gasteiger charge is -2.29. The average molecular weight is 408 g/mol. The molecule has 3 amide bonds. The summed E-state index contributed by atoms with van der Waals surface area (Å²) in [6.45, 7) is 1.25. The first kappa shape index (κ1) is 17.0. The van der Waals surface area contributed by atoms with Gasteiger partial charge < -0.3 is 15.8 Å². The van der Waals surface area contributed by atoms with Crippen LogP contribution < -0.4 is 20.7 Å². The molecule has 0 fully saturated rings. The van der Waals surface area contributed by atoms with E-state index in [1.54, 1.807) is 25.1 Å². The SMILES string of the molecule is Cc1[nH]nc(C(N)=O)c1NC(=O)CN1C(=O)COc2cc(Br)ccc21. The van der Waals surface area contributed by atoms with Crippen molar-refractivity contribution in [2.24, 2.45) is 5.73 Å². The van der Waals surface area contributed by atoms with Gasteiger partial charge >= 0.3 is 0 Å². The van der Waals surface area contributed by atoms with E-state index < -0.39 is 11.8 Å². The predicted molar refractivity (Wildman–Crippen MR) is 92.5 cm³/mol. The Kier molecular flexibility index (Phi) is 4.45. The summed E-state index contributed by atoms with van der Waals surface area (Å²) in [6.07, 6.45) is 0. The molecule has 0 atom stereocenters. The number of aromatic amines is 1. The van der Waals surface area contributed by atoms with Gasteiger partial charge in [0.25, 0.3) is 11.8 Å². The maximum atomic E-state index is 12.4. The van der Waals surface area contributed by atoms with E-state index >= 15 is 0 Å². The maximum absolute atomic E-state index is 12.4. The van der Waals surface area contributed by atoms with Crippen molar-refractivity contribution in [3.8, 4) is 5.75 Å². The molecule has 25 heavy (non-hydrogen) atoms. The second kappa shape index (κ2) is 6.55. The number of fused-ring (bicyclic) bond motifs is 1. The van der Waals surface area contributed by atoms with Crippen molar-refractivity contribution in [1.29, 1.82) is 0 Å². The molecule has 3 rings (SSSR count). The largest absolute Gasteiger partial charge is 0.482 e. The van der Waals surface area contributed by atoms with E-state index in [0.717, 1.165) is 4.47 Å². The molecule has 2 heterocycles. The van der Waals surface area contributed by atoms with Crippen molar-refractivity contribution >= 4 is 45.0 Å². The number of halogens is 1. The molecule has 0 unspecified atom stereocenters. The predicted octanol–water partition coefficient (Wildman–Crippen LogP) is 0.944. The van der Waals surface area contributed by atoms with E-state index in [9.17, 15) is 14.4 Å². The van der Waals surface area contributed by atoms with Gasteiger partial charge in [-0.25, -0.2) is 0 Å². The van der Waals surface area contributed by atoms with Gasteiger partial charge in [-0.15, -0.1) is 0 Å². The normalized spacial score (nSPS) is 13.2. The van der Waals surface area contributed by atoms with Gasteiger partial charge in [0.15, 0.2) is 12.3 Å². The highest BCUT2D eigenvalue weighted by molar-refractivity contribution is 9.10. The molecular formula is C15H14BrN5O4. The van der Waals surface area contributed by atoms with E-state index in [0.29, 0.717) is 17.1 Å². The van der Waals surface area contributed by atoms with Crippen molar-refractivity contribution in [3.63, 3.8) is 0 Å². The summed E-state index contributed by atoms with van der Waals surface area (Å²) < 4.78 is 6.17. The molecule has 1 aromatic carbocycles. The van der Waals surface area contributed by atoms with Crippen LogP contribution in [0.5, 0.6) is 5.75 Å². The summed E-state index contributed by atoms with van der Waals surface area (Å²) >= 11 is 3.33. The number of H-pyrrole nitrogens is 1. The van der Waals surface area contributed by atoms with Crippen LogP contribution in [0.25, 0.3) is 0 Å². The van der Waals surface area contributed by atoms with Crippen LogP contribution in [-0.4, -0.2) is 41.1 Å². The molecule has 1 aliphatic rings. The van der Waals surface area contributed by atoms with Crippen LogP contribution in [0.1, 0.15) is 16.2 Å². The monoisotopic (exact) mass is 407 g/mol. The third kappa shape index (κ3) is 3.33. The van der Waals surface area contributed by atoms with E-state index in [2.05, 4.69) is 31.4 Å². The second-order valence-electron chi connectivity index (χ2n) is 5.37. The van der Waals surface area contributed by atoms with Crippen LogP contribution in [0, 0.1) is 6.92 Å². The summed E-state index contributed by atoms with van der Waals surface area (Å²) in [4.78, 5) is 37.2. The van der Waals surface area contributed by atoms with Gasteiger partial charge in [-0.3, -0.25) is 24.4 Å². The zero-order valence-corrected chi connectivity index (χ0v) is 14.7. The number of anilines is 2. The fraction of sp³-hybridized carbons (Fsp3) is 0.200. The molecule has 1 aromatic heterocycles. The Bertz CT molecular complexity index is 879. The van der Waals surface area contributed by atoms with E-state index in [4.69, 9.17) is 10.5 Å². The van der Waals surface area contributed by atoms with Gasteiger partial charge in [0.05, 0.1) is 17.1 Å². The number of nitrogens with two attached hydrogens (primary N) is 1. The molecule has 9 nitrogen and oxygen atoms in total. The van der Waals surface area contributed by atoms with Crippen LogP contribution >= 0.6 is 15.9 Å². The number of primary amides is 1. The zero-order valence-electron chi connectivity index (χ0n) is 13.1. The minimum absolute atomic E-state index is 0.0662. The highest BCUT2D eigenvalue weighted by Gasteiger charge is 2.28. The van der Waals surface area contributed by atoms with Crippen LogP contribution in [0.15, 0.2) is 22.7 Å². The van der Waals surface area contributed by atoms with E-state index in [1.807, 2.05) is 0 Å². The molecule has 0 saturated carbocycles. The molecule has 1 aliphatic heterocycles. The Hall–Kier alpha value is -2.88. The molecule has 10 heteroatoms. The van der Waals surface area contributed by atoms with Crippen molar-refractivity contribution in [1.82, 2.24) is 10.2 Å². The Labute approximate surface area is 150 Å². The highest BCUT2D eigenvalue weighted by Crippen LogP contribution is 2.34. The van der Waals surface area contributed by atoms with Crippen LogP contribution in [0.4, 0.5) is 11.4 Å². The number of ether oxygens (including phenoxy) is 1. The first-order chi connectivity index (χ1) is 11.9. The number of carbonyl (C=O) groups is 3. The number of aromatic nitrogens is 2. The van der Waals surface area contributed by atoms with Gasteiger partial charge in [0, 0.05) is 4.47 Å². The fourth-order valence-corrected chi connectivity index (χ4v) is 2.77. The number of benzene rings is 1. The minimum atomic E-state index is -0.766. The second-order valence-corrected chi connectivity index (χ2v) is 6.28. The number of aryl methyl sites for hydroxylation is 1. The molecule has 0 aliphatic carbocycles. The molecule has 0 saturated heterocycles. The first-order valence-corrected chi connectivity index (χ1v) is 8.03. The zero-order chi connectivity index (χ0) is 18.1. The van der Waals surface area contributed by atoms with Crippen molar-refractivity contribution < 1.29 is 19.1 Å². The van der Waals surface area contributed by atoms with Gasteiger partial charge in [0.1, 0.15) is 12.3 Å². The summed E-state index contributed by atoms with van der Waals surface area (Å²) in [6, 6.07) is 5.15. The number of nitrogens with one attached hydrogen (secondary N) is 2. The van der Waals surface area contributed by atoms with E-state index in [-0.39, 0.29) is 30.4 Å². The number of hydrogen-bond donors (Lipinski definition) is 3. The van der Waals surface area contributed by atoms with Crippen LogP contribution in [-0.2, 0) is 9.59 Å². The van der Waals surface area contributed by atoms with Gasteiger partial charge in [0.2, 0.25) is 5.91 Å². The standard InChI is InChI=1S/C15H14BrN5O4/c1-7-13(14(15(17)24)20-19-7)18-11(22)5-21-9-3-2-8(16)4-10(9)25-6-12(21)23/h2-4H,5-6H2,1H3,(H2,17,24)(H,18,22)(H,19,20). The maximum Gasteiger partial charge on any atom is 0.271 e. The summed E-state index contributed by atoms with van der Waals surface area (Å²) in [7, 11) is 0. The number of rotatable bonds is 4. The third-order valence-electron chi connectivity index (χ3n) is 3.61. The van der Waals surface area contributed by atoms with Crippen LogP contribution in [0.3, 0.4) is 0 Å². The Morgan fingerprint density at radius 2 is 2.24 bits per heavy atom. The van der Waals surface area contributed by atoms with Crippen molar-refractivity contribution in [2.45, 2.75) is 6.92 Å². The lowest BCUT2D eigenvalue weighted by atomic mass is 10.2. The third-order valence-corrected chi connectivity index (χ3v) is 4.10. The summed E-state index contributed by atoms with van der Waals surface area (Å²) in [5.74, 6) is -1.10. The lowest BCUT2D eigenvalue weighted by molar-refractivity contribution is -0.123. The minimum Gasteiger partial charge on any atom is -0.482 e. The van der Waals surface area contributed by atoms with E-state index in [1.165, 1.54) is 4.90 Å². The Balaban J connectivity index is 1.81. The fourth-order valence-electron chi connectivity index (χ4n) is 2.43. The smallest absolute Gasteiger partial charge is 0.271 e. The topological polar surface area (TPSA) is 130 Å². The number of hydrogen-bond acceptors (Lipinski definition) is 5. The number of carbonyl (C=O) groups excluding carboxylic acids is 3. The molecule has 4 N–H and O–H groups in total. The Morgan fingerprint density at radius 3 is 2.96 bits per heavy atom. The molecular weight excluding hydrogens is 394 g/mol. The Morgan fingerprint density at radius 1 is 1.48 bits per heavy atom. The first-order valence-electron chi connectivity index (χ1n) is 7.24. The van der Waals surface area contributed by atoms with Gasteiger partial charge in [-0.2, -0.15) is 5.10 Å². The van der Waals surface area contributed by atoms with Crippen molar-refractivity contribution in [3.05, 3.63) is 34.1 Å². The molecule has 0 spiro atoms. The molecule has 0 radical (unpaired) electrons. The lowest BCUT2D eigenvalue weighted by Crippen LogP contribution is -2.43. The van der Waals surface area contributed by atoms with Crippen molar-refractivity contribution in [2.75, 3.05) is 23.4 Å².